The molecule has 16 heavy (non-hydrogen) atoms. The minimum Gasteiger partial charge on any atom is -0.229 e. The molecular formula is C8H13ClN4O2S. The molecule has 0 spiro atoms. The highest BCUT2D eigenvalue weighted by Crippen LogP contribution is 2.26. The van der Waals surface area contributed by atoms with Crippen LogP contribution in [0.1, 0.15) is 37.0 Å². The fourth-order valence-corrected chi connectivity index (χ4v) is 3.45. The number of aromatic nitrogens is 4. The standard InChI is InChI=1S/C8H13ClN4O2S/c1-6(9)8-10-11-12-13(8)7-2-4-16(14,15)5-3-7/h6-7H,2-5H2,1H3. The van der Waals surface area contributed by atoms with Crippen molar-refractivity contribution in [2.75, 3.05) is 11.5 Å². The van der Waals surface area contributed by atoms with E-state index in [2.05, 4.69) is 15.5 Å². The van der Waals surface area contributed by atoms with Gasteiger partial charge in [-0.1, -0.05) is 0 Å². The molecule has 1 fully saturated rings. The molecule has 1 unspecified atom stereocenters. The van der Waals surface area contributed by atoms with Gasteiger partial charge in [0.05, 0.1) is 22.9 Å². The van der Waals surface area contributed by atoms with Gasteiger partial charge in [0, 0.05) is 0 Å². The third kappa shape index (κ3) is 2.35. The van der Waals surface area contributed by atoms with Gasteiger partial charge in [0.2, 0.25) is 0 Å². The fraction of sp³-hybridized carbons (Fsp3) is 0.875. The highest BCUT2D eigenvalue weighted by molar-refractivity contribution is 7.91. The Bertz CT molecular complexity index is 456. The topological polar surface area (TPSA) is 77.7 Å². The summed E-state index contributed by atoms with van der Waals surface area (Å²) < 4.78 is 24.3. The fourth-order valence-electron chi connectivity index (χ4n) is 1.84. The first kappa shape index (κ1) is 11.8. The van der Waals surface area contributed by atoms with E-state index in [1.54, 1.807) is 11.6 Å². The van der Waals surface area contributed by atoms with Crippen molar-refractivity contribution in [3.8, 4) is 0 Å². The van der Waals surface area contributed by atoms with Gasteiger partial charge in [0.1, 0.15) is 9.84 Å². The monoisotopic (exact) mass is 264 g/mol. The molecule has 0 N–H and O–H groups in total. The number of halogens is 1. The Labute approximate surface area is 98.9 Å². The first-order valence-electron chi connectivity index (χ1n) is 5.12. The van der Waals surface area contributed by atoms with Crippen molar-refractivity contribution in [3.05, 3.63) is 5.82 Å². The summed E-state index contributed by atoms with van der Waals surface area (Å²) in [6.45, 7) is 1.79. The maximum atomic E-state index is 11.3. The average Bonchev–Trinajstić information content (AvgIpc) is 2.66. The lowest BCUT2D eigenvalue weighted by Gasteiger charge is -2.22. The van der Waals surface area contributed by atoms with E-state index in [4.69, 9.17) is 11.6 Å². The first-order chi connectivity index (χ1) is 7.49. The number of nitrogens with zero attached hydrogens (tertiary/aromatic N) is 4. The van der Waals surface area contributed by atoms with Crippen LogP contribution in [0.4, 0.5) is 0 Å². The molecule has 2 rings (SSSR count). The summed E-state index contributed by atoms with van der Waals surface area (Å²) in [4.78, 5) is 0. The minimum absolute atomic E-state index is 0.0507. The van der Waals surface area contributed by atoms with E-state index in [1.807, 2.05) is 0 Å². The molecule has 1 aliphatic heterocycles. The van der Waals surface area contributed by atoms with Crippen molar-refractivity contribution in [2.45, 2.75) is 31.2 Å². The number of tetrazole rings is 1. The SMILES string of the molecule is CC(Cl)c1nnnn1C1CCS(=O)(=O)CC1. The summed E-state index contributed by atoms with van der Waals surface area (Å²) in [5, 5.41) is 11.0. The van der Waals surface area contributed by atoms with E-state index in [9.17, 15) is 8.42 Å². The smallest absolute Gasteiger partial charge is 0.169 e. The van der Waals surface area contributed by atoms with E-state index in [-0.39, 0.29) is 22.9 Å². The third-order valence-electron chi connectivity index (χ3n) is 2.74. The van der Waals surface area contributed by atoms with Crippen molar-refractivity contribution in [3.63, 3.8) is 0 Å². The van der Waals surface area contributed by atoms with E-state index >= 15 is 0 Å². The molecule has 1 aromatic heterocycles. The molecule has 1 aromatic rings. The summed E-state index contributed by atoms with van der Waals surface area (Å²) in [6, 6.07) is 0.0507. The zero-order chi connectivity index (χ0) is 11.8. The predicted molar refractivity (Wildman–Crippen MR) is 59.0 cm³/mol. The van der Waals surface area contributed by atoms with Crippen LogP contribution in [-0.2, 0) is 9.84 Å². The maximum Gasteiger partial charge on any atom is 0.169 e. The Balaban J connectivity index is 2.17. The van der Waals surface area contributed by atoms with Gasteiger partial charge < -0.3 is 0 Å². The van der Waals surface area contributed by atoms with Crippen LogP contribution in [0, 0.1) is 0 Å². The summed E-state index contributed by atoms with van der Waals surface area (Å²) in [5.74, 6) is 1.01. The van der Waals surface area contributed by atoms with Crippen molar-refractivity contribution >= 4 is 21.4 Å². The molecule has 1 atom stereocenters. The van der Waals surface area contributed by atoms with Crippen LogP contribution in [-0.4, -0.2) is 40.1 Å². The van der Waals surface area contributed by atoms with Crippen molar-refractivity contribution < 1.29 is 8.42 Å². The van der Waals surface area contributed by atoms with Gasteiger partial charge in [-0.15, -0.1) is 16.7 Å². The van der Waals surface area contributed by atoms with Gasteiger partial charge in [-0.2, -0.15) is 0 Å². The summed E-state index contributed by atoms with van der Waals surface area (Å²) in [5.41, 5.74) is 0. The second kappa shape index (κ2) is 4.29. The zero-order valence-electron chi connectivity index (χ0n) is 8.87. The number of alkyl halides is 1. The minimum atomic E-state index is -2.85. The summed E-state index contributed by atoms with van der Waals surface area (Å²) in [7, 11) is -2.85. The Kier molecular flexibility index (Phi) is 3.16. The largest absolute Gasteiger partial charge is 0.229 e. The van der Waals surface area contributed by atoms with Crippen molar-refractivity contribution in [1.29, 1.82) is 0 Å². The number of hydrogen-bond donors (Lipinski definition) is 0. The molecule has 8 heteroatoms. The first-order valence-corrected chi connectivity index (χ1v) is 7.37. The van der Waals surface area contributed by atoms with E-state index in [0.717, 1.165) is 0 Å². The lowest BCUT2D eigenvalue weighted by Crippen LogP contribution is -2.27. The molecule has 2 heterocycles. The Morgan fingerprint density at radius 1 is 1.44 bits per heavy atom. The quantitative estimate of drug-likeness (QED) is 0.736. The molecule has 0 aromatic carbocycles. The Morgan fingerprint density at radius 3 is 2.62 bits per heavy atom. The van der Waals surface area contributed by atoms with Crippen LogP contribution in [0.3, 0.4) is 0 Å². The second-order valence-corrected chi connectivity index (χ2v) is 6.94. The Morgan fingerprint density at radius 2 is 2.06 bits per heavy atom. The Hall–Kier alpha value is -0.690. The third-order valence-corrected chi connectivity index (χ3v) is 4.65. The molecule has 1 saturated heterocycles. The second-order valence-electron chi connectivity index (χ2n) is 3.98. The highest BCUT2D eigenvalue weighted by atomic mass is 35.5. The molecule has 0 aliphatic carbocycles. The molecular weight excluding hydrogens is 252 g/mol. The van der Waals surface area contributed by atoms with Crippen LogP contribution >= 0.6 is 11.6 Å². The molecule has 6 nitrogen and oxygen atoms in total. The van der Waals surface area contributed by atoms with Crippen LogP contribution in [0.15, 0.2) is 0 Å². The normalized spacial score (nSPS) is 23.1. The van der Waals surface area contributed by atoms with E-state index in [1.165, 1.54) is 0 Å². The van der Waals surface area contributed by atoms with Gasteiger partial charge in [-0.05, 0) is 30.2 Å². The lowest BCUT2D eigenvalue weighted by atomic mass is 10.1. The zero-order valence-corrected chi connectivity index (χ0v) is 10.4. The average molecular weight is 265 g/mol. The molecule has 1 aliphatic rings. The van der Waals surface area contributed by atoms with Crippen LogP contribution in [0.5, 0.6) is 0 Å². The predicted octanol–water partition coefficient (Wildman–Crippen LogP) is 0.723. The molecule has 0 saturated carbocycles. The molecule has 90 valence electrons. The molecule has 0 amide bonds. The van der Waals surface area contributed by atoms with Crippen molar-refractivity contribution in [2.24, 2.45) is 0 Å². The molecule has 0 bridgehead atoms. The maximum absolute atomic E-state index is 11.3. The highest BCUT2D eigenvalue weighted by Gasteiger charge is 2.28. The van der Waals surface area contributed by atoms with Gasteiger partial charge >= 0.3 is 0 Å². The summed E-state index contributed by atoms with van der Waals surface area (Å²) >= 11 is 5.94. The van der Waals surface area contributed by atoms with Gasteiger partial charge in [-0.25, -0.2) is 13.1 Å². The summed E-state index contributed by atoms with van der Waals surface area (Å²) in [6.07, 6.45) is 1.12. The lowest BCUT2D eigenvalue weighted by molar-refractivity contribution is 0.392. The van der Waals surface area contributed by atoms with Crippen LogP contribution in [0.25, 0.3) is 0 Å². The molecule has 0 radical (unpaired) electrons. The van der Waals surface area contributed by atoms with E-state index < -0.39 is 9.84 Å². The number of hydrogen-bond acceptors (Lipinski definition) is 5. The van der Waals surface area contributed by atoms with Gasteiger partial charge in [-0.3, -0.25) is 0 Å². The number of sulfone groups is 1. The van der Waals surface area contributed by atoms with Crippen molar-refractivity contribution in [1.82, 2.24) is 20.2 Å². The van der Waals surface area contributed by atoms with Crippen LogP contribution in [0.2, 0.25) is 0 Å². The number of rotatable bonds is 2. The van der Waals surface area contributed by atoms with Gasteiger partial charge in [0.15, 0.2) is 5.82 Å². The van der Waals surface area contributed by atoms with Crippen LogP contribution < -0.4 is 0 Å². The van der Waals surface area contributed by atoms with E-state index in [0.29, 0.717) is 18.7 Å². The van der Waals surface area contributed by atoms with Gasteiger partial charge in [0.25, 0.3) is 0 Å².